The molecule has 6 nitrogen and oxygen atoms in total. The average Bonchev–Trinajstić information content (AvgIpc) is 3.09. The van der Waals surface area contributed by atoms with Crippen LogP contribution in [0, 0.1) is 5.92 Å². The van der Waals surface area contributed by atoms with E-state index in [-0.39, 0.29) is 23.6 Å². The Morgan fingerprint density at radius 2 is 2.14 bits per heavy atom. The molecule has 1 aromatic heterocycles. The molecule has 0 bridgehead atoms. The number of nitrogens with zero attached hydrogens (tertiary/aromatic N) is 1. The molecule has 0 saturated heterocycles. The maximum atomic E-state index is 12.1. The molecule has 2 atom stereocenters. The molecule has 6 heteroatoms. The Labute approximate surface area is 123 Å². The molecule has 1 aliphatic carbocycles. The number of carbonyl (C=O) groups is 2. The fraction of sp³-hybridized carbons (Fsp3) is 0.667. The standard InChI is InChI=1S/C15H22N2O4/c1-3-9(4-2)12-8-13(21-17-12)14(18)16-11-7-5-6-10(11)15(19)20/h8-11H,3-7H2,1-2H3,(H,16,18)(H,19,20)/t10-,11+/m0/s1. The molecular weight excluding hydrogens is 272 g/mol. The van der Waals surface area contributed by atoms with Gasteiger partial charge in [-0.1, -0.05) is 25.4 Å². The van der Waals surface area contributed by atoms with Crippen molar-refractivity contribution in [3.05, 3.63) is 17.5 Å². The van der Waals surface area contributed by atoms with Gasteiger partial charge in [0.25, 0.3) is 5.91 Å². The summed E-state index contributed by atoms with van der Waals surface area (Å²) in [6.45, 7) is 4.14. The highest BCUT2D eigenvalue weighted by Gasteiger charge is 2.34. The van der Waals surface area contributed by atoms with Gasteiger partial charge in [0.05, 0.1) is 11.6 Å². The lowest BCUT2D eigenvalue weighted by molar-refractivity contribution is -0.142. The van der Waals surface area contributed by atoms with Crippen molar-refractivity contribution in [2.75, 3.05) is 0 Å². The normalized spacial score (nSPS) is 21.7. The Balaban J connectivity index is 2.02. The molecule has 1 aliphatic rings. The van der Waals surface area contributed by atoms with Crippen molar-refractivity contribution in [1.82, 2.24) is 10.5 Å². The molecule has 116 valence electrons. The van der Waals surface area contributed by atoms with Crippen LogP contribution in [0.15, 0.2) is 10.6 Å². The molecule has 0 radical (unpaired) electrons. The van der Waals surface area contributed by atoms with Gasteiger partial charge in [-0.25, -0.2) is 0 Å². The molecule has 0 aromatic carbocycles. The van der Waals surface area contributed by atoms with Crippen molar-refractivity contribution < 1.29 is 19.2 Å². The highest BCUT2D eigenvalue weighted by Crippen LogP contribution is 2.27. The van der Waals surface area contributed by atoms with Crippen LogP contribution < -0.4 is 5.32 Å². The minimum absolute atomic E-state index is 0.160. The van der Waals surface area contributed by atoms with Crippen molar-refractivity contribution in [3.8, 4) is 0 Å². The molecule has 0 unspecified atom stereocenters. The van der Waals surface area contributed by atoms with Gasteiger partial charge in [-0.15, -0.1) is 0 Å². The summed E-state index contributed by atoms with van der Waals surface area (Å²) in [6.07, 6.45) is 3.99. The fourth-order valence-electron chi connectivity index (χ4n) is 2.96. The Morgan fingerprint density at radius 1 is 1.43 bits per heavy atom. The molecule has 2 rings (SSSR count). The topological polar surface area (TPSA) is 92.4 Å². The first-order chi connectivity index (χ1) is 10.1. The third kappa shape index (κ3) is 3.43. The third-order valence-electron chi connectivity index (χ3n) is 4.31. The number of nitrogens with one attached hydrogen (secondary N) is 1. The smallest absolute Gasteiger partial charge is 0.308 e. The maximum absolute atomic E-state index is 12.1. The zero-order chi connectivity index (χ0) is 15.4. The van der Waals surface area contributed by atoms with Gasteiger partial charge in [0, 0.05) is 18.0 Å². The van der Waals surface area contributed by atoms with E-state index in [1.807, 2.05) is 0 Å². The maximum Gasteiger partial charge on any atom is 0.308 e. The van der Waals surface area contributed by atoms with Gasteiger partial charge in [-0.3, -0.25) is 9.59 Å². The fourth-order valence-corrected chi connectivity index (χ4v) is 2.96. The van der Waals surface area contributed by atoms with Crippen LogP contribution in [0.4, 0.5) is 0 Å². The quantitative estimate of drug-likeness (QED) is 0.841. The van der Waals surface area contributed by atoms with E-state index in [2.05, 4.69) is 24.3 Å². The van der Waals surface area contributed by atoms with Gasteiger partial charge < -0.3 is 14.9 Å². The molecule has 1 fully saturated rings. The number of rotatable bonds is 6. The van der Waals surface area contributed by atoms with Crippen LogP contribution in [0.25, 0.3) is 0 Å². The van der Waals surface area contributed by atoms with Crippen LogP contribution in [0.1, 0.15) is 68.1 Å². The van der Waals surface area contributed by atoms with Gasteiger partial charge in [-0.2, -0.15) is 0 Å². The summed E-state index contributed by atoms with van der Waals surface area (Å²) >= 11 is 0. The highest BCUT2D eigenvalue weighted by molar-refractivity contribution is 5.92. The summed E-state index contributed by atoms with van der Waals surface area (Å²) in [7, 11) is 0. The van der Waals surface area contributed by atoms with Crippen molar-refractivity contribution >= 4 is 11.9 Å². The molecule has 0 aliphatic heterocycles. The van der Waals surface area contributed by atoms with E-state index in [1.54, 1.807) is 6.07 Å². The minimum Gasteiger partial charge on any atom is -0.481 e. The number of hydrogen-bond acceptors (Lipinski definition) is 4. The van der Waals surface area contributed by atoms with Gasteiger partial charge >= 0.3 is 5.97 Å². The Bertz CT molecular complexity index is 508. The number of carboxylic acids is 1. The highest BCUT2D eigenvalue weighted by atomic mass is 16.5. The summed E-state index contributed by atoms with van der Waals surface area (Å²) in [6, 6.07) is 1.34. The SMILES string of the molecule is CCC(CC)c1cc(C(=O)N[C@@H]2CCC[C@@H]2C(=O)O)on1. The summed E-state index contributed by atoms with van der Waals surface area (Å²) in [5.74, 6) is -1.29. The van der Waals surface area contributed by atoms with Gasteiger partial charge in [0.15, 0.2) is 0 Å². The first-order valence-electron chi connectivity index (χ1n) is 7.57. The summed E-state index contributed by atoms with van der Waals surface area (Å²) in [5, 5.41) is 15.8. The van der Waals surface area contributed by atoms with Gasteiger partial charge in [0.2, 0.25) is 5.76 Å². The zero-order valence-electron chi connectivity index (χ0n) is 12.5. The first kappa shape index (κ1) is 15.5. The summed E-state index contributed by atoms with van der Waals surface area (Å²) in [5.41, 5.74) is 0.784. The predicted octanol–water partition coefficient (Wildman–Crippen LogP) is 2.56. The molecular formula is C15H22N2O4. The van der Waals surface area contributed by atoms with Crippen molar-refractivity contribution in [2.45, 2.75) is 57.9 Å². The second-order valence-electron chi connectivity index (χ2n) is 5.59. The Morgan fingerprint density at radius 3 is 2.76 bits per heavy atom. The van der Waals surface area contributed by atoms with E-state index in [9.17, 15) is 9.59 Å². The number of carbonyl (C=O) groups excluding carboxylic acids is 1. The largest absolute Gasteiger partial charge is 0.481 e. The number of carboxylic acid groups (broad SMARTS) is 1. The van der Waals surface area contributed by atoms with E-state index < -0.39 is 11.9 Å². The number of aliphatic carboxylic acids is 1. The number of amides is 1. The lowest BCUT2D eigenvalue weighted by atomic mass is 9.99. The monoisotopic (exact) mass is 294 g/mol. The third-order valence-corrected chi connectivity index (χ3v) is 4.31. The van der Waals surface area contributed by atoms with E-state index in [1.165, 1.54) is 0 Å². The summed E-state index contributed by atoms with van der Waals surface area (Å²) in [4.78, 5) is 23.3. The first-order valence-corrected chi connectivity index (χ1v) is 7.57. The number of hydrogen-bond donors (Lipinski definition) is 2. The zero-order valence-corrected chi connectivity index (χ0v) is 12.5. The van der Waals surface area contributed by atoms with Gasteiger partial charge in [0.1, 0.15) is 0 Å². The Kier molecular flexibility index (Phi) is 4.98. The van der Waals surface area contributed by atoms with Crippen LogP contribution in [0.5, 0.6) is 0 Å². The minimum atomic E-state index is -0.854. The van der Waals surface area contributed by atoms with Crippen LogP contribution in [-0.4, -0.2) is 28.2 Å². The van der Waals surface area contributed by atoms with Gasteiger partial charge in [-0.05, 0) is 25.7 Å². The number of aromatic nitrogens is 1. The molecule has 21 heavy (non-hydrogen) atoms. The van der Waals surface area contributed by atoms with E-state index >= 15 is 0 Å². The predicted molar refractivity (Wildman–Crippen MR) is 76.1 cm³/mol. The average molecular weight is 294 g/mol. The van der Waals surface area contributed by atoms with Crippen molar-refractivity contribution in [2.24, 2.45) is 5.92 Å². The lowest BCUT2D eigenvalue weighted by Crippen LogP contribution is -2.40. The lowest BCUT2D eigenvalue weighted by Gasteiger charge is -2.16. The molecule has 1 aromatic rings. The van der Waals surface area contributed by atoms with E-state index in [0.717, 1.165) is 25.0 Å². The molecule has 1 heterocycles. The molecule has 2 N–H and O–H groups in total. The van der Waals surface area contributed by atoms with Crippen molar-refractivity contribution in [1.29, 1.82) is 0 Å². The molecule has 0 spiro atoms. The van der Waals surface area contributed by atoms with Crippen LogP contribution >= 0.6 is 0 Å². The van der Waals surface area contributed by atoms with Crippen LogP contribution in [-0.2, 0) is 4.79 Å². The molecule has 1 amide bonds. The second kappa shape index (κ2) is 6.74. The van der Waals surface area contributed by atoms with Crippen LogP contribution in [0.2, 0.25) is 0 Å². The van der Waals surface area contributed by atoms with Crippen LogP contribution in [0.3, 0.4) is 0 Å². The second-order valence-corrected chi connectivity index (χ2v) is 5.59. The Hall–Kier alpha value is -1.85. The molecule has 1 saturated carbocycles. The van der Waals surface area contributed by atoms with E-state index in [0.29, 0.717) is 12.8 Å². The van der Waals surface area contributed by atoms with E-state index in [4.69, 9.17) is 9.63 Å². The van der Waals surface area contributed by atoms with Crippen molar-refractivity contribution in [3.63, 3.8) is 0 Å². The summed E-state index contributed by atoms with van der Waals surface area (Å²) < 4.78 is 5.11.